The molecule has 2 aromatic rings. The minimum absolute atomic E-state index is 0.131. The van der Waals surface area contributed by atoms with Crippen LogP contribution in [0.25, 0.3) is 6.08 Å². The minimum Gasteiger partial charge on any atom is -0.507 e. The van der Waals surface area contributed by atoms with Crippen LogP contribution in [0, 0.1) is 0 Å². The molecule has 6 nitrogen and oxygen atoms in total. The Morgan fingerprint density at radius 3 is 2.58 bits per heavy atom. The van der Waals surface area contributed by atoms with Crippen LogP contribution >= 0.6 is 0 Å². The van der Waals surface area contributed by atoms with Crippen LogP contribution in [0.3, 0.4) is 0 Å². The molecule has 0 aliphatic heterocycles. The molecule has 0 aliphatic rings. The van der Waals surface area contributed by atoms with Crippen LogP contribution in [0.4, 0.5) is 0 Å². The summed E-state index contributed by atoms with van der Waals surface area (Å²) in [7, 11) is 0. The zero-order valence-corrected chi connectivity index (χ0v) is 18.8. The van der Waals surface area contributed by atoms with Crippen molar-refractivity contribution in [2.75, 3.05) is 26.2 Å². The molecule has 0 spiro atoms. The Morgan fingerprint density at radius 2 is 1.97 bits per heavy atom. The molecule has 0 fully saturated rings. The Hall–Kier alpha value is -3.12. The Morgan fingerprint density at radius 1 is 1.23 bits per heavy atom. The van der Waals surface area contributed by atoms with Crippen molar-refractivity contribution in [3.63, 3.8) is 0 Å². The molecule has 31 heavy (non-hydrogen) atoms. The number of hydrogen-bond acceptors (Lipinski definition) is 6. The molecule has 0 saturated heterocycles. The van der Waals surface area contributed by atoms with E-state index in [0.29, 0.717) is 24.3 Å². The lowest BCUT2D eigenvalue weighted by molar-refractivity contribution is 0.104. The number of allylic oxidation sites excluding steroid dienone is 3. The standard InChI is InChI=1S/C25H32N2O4/c1-5-27(6-2)14-15-31-23-16-22(29)24(25(30)20(23)11-9-18(3)4)21(28)12-10-19-8-7-13-26-17-19/h7-10,12-13,16-17,29-30H,5-6,11,14-15H2,1-4H3/b12-10+. The summed E-state index contributed by atoms with van der Waals surface area (Å²) in [5.41, 5.74) is 2.17. The second kappa shape index (κ2) is 11.9. The van der Waals surface area contributed by atoms with Gasteiger partial charge in [-0.1, -0.05) is 31.6 Å². The third-order valence-electron chi connectivity index (χ3n) is 4.98. The number of carbonyl (C=O) groups is 1. The van der Waals surface area contributed by atoms with Gasteiger partial charge in [-0.3, -0.25) is 9.78 Å². The van der Waals surface area contributed by atoms with E-state index >= 15 is 0 Å². The fourth-order valence-corrected chi connectivity index (χ4v) is 3.10. The topological polar surface area (TPSA) is 82.9 Å². The molecule has 6 heteroatoms. The monoisotopic (exact) mass is 424 g/mol. The maximum Gasteiger partial charge on any atom is 0.193 e. The fourth-order valence-electron chi connectivity index (χ4n) is 3.10. The molecule has 1 aromatic heterocycles. The molecule has 0 amide bonds. The van der Waals surface area contributed by atoms with Crippen LogP contribution in [0.5, 0.6) is 17.2 Å². The van der Waals surface area contributed by atoms with Crippen LogP contribution in [0.1, 0.15) is 49.2 Å². The highest BCUT2D eigenvalue weighted by atomic mass is 16.5. The van der Waals surface area contributed by atoms with Gasteiger partial charge in [-0.2, -0.15) is 0 Å². The molecule has 0 bridgehead atoms. The van der Waals surface area contributed by atoms with Gasteiger partial charge in [-0.25, -0.2) is 0 Å². The number of ketones is 1. The highest BCUT2D eigenvalue weighted by Gasteiger charge is 2.22. The normalized spacial score (nSPS) is 11.1. The summed E-state index contributed by atoms with van der Waals surface area (Å²) >= 11 is 0. The van der Waals surface area contributed by atoms with Gasteiger partial charge >= 0.3 is 0 Å². The molecule has 0 saturated carbocycles. The van der Waals surface area contributed by atoms with Crippen LogP contribution < -0.4 is 4.74 Å². The maximum absolute atomic E-state index is 12.8. The summed E-state index contributed by atoms with van der Waals surface area (Å²) in [4.78, 5) is 19.0. The minimum atomic E-state index is -0.494. The molecule has 166 valence electrons. The number of benzene rings is 1. The van der Waals surface area contributed by atoms with Crippen LogP contribution in [-0.4, -0.2) is 52.1 Å². The van der Waals surface area contributed by atoms with Gasteiger partial charge in [0.2, 0.25) is 0 Å². The average molecular weight is 425 g/mol. The first-order chi connectivity index (χ1) is 14.9. The number of ether oxygens (including phenoxy) is 1. The van der Waals surface area contributed by atoms with E-state index in [1.54, 1.807) is 24.5 Å². The van der Waals surface area contributed by atoms with Gasteiger partial charge in [0.25, 0.3) is 0 Å². The Balaban J connectivity index is 2.34. The smallest absolute Gasteiger partial charge is 0.193 e. The predicted molar refractivity (Wildman–Crippen MR) is 124 cm³/mol. The molecule has 1 heterocycles. The van der Waals surface area contributed by atoms with Crippen LogP contribution in [0.15, 0.2) is 48.3 Å². The Labute approximate surface area is 184 Å². The lowest BCUT2D eigenvalue weighted by Crippen LogP contribution is -2.28. The van der Waals surface area contributed by atoms with Crippen molar-refractivity contribution < 1.29 is 19.7 Å². The quantitative estimate of drug-likeness (QED) is 0.311. The van der Waals surface area contributed by atoms with E-state index in [-0.39, 0.29) is 17.1 Å². The molecule has 0 radical (unpaired) electrons. The van der Waals surface area contributed by atoms with Crippen LogP contribution in [0.2, 0.25) is 0 Å². The van der Waals surface area contributed by atoms with Crippen LogP contribution in [-0.2, 0) is 6.42 Å². The number of aromatic nitrogens is 1. The van der Waals surface area contributed by atoms with Crippen molar-refractivity contribution in [2.45, 2.75) is 34.1 Å². The molecule has 2 rings (SSSR count). The number of phenols is 2. The predicted octanol–water partition coefficient (Wildman–Crippen LogP) is 4.62. The maximum atomic E-state index is 12.8. The van der Waals surface area contributed by atoms with E-state index in [9.17, 15) is 15.0 Å². The van der Waals surface area contributed by atoms with Crippen molar-refractivity contribution in [3.05, 3.63) is 65.0 Å². The second-order valence-electron chi connectivity index (χ2n) is 7.44. The number of aromatic hydroxyl groups is 2. The van der Waals surface area contributed by atoms with E-state index in [1.165, 1.54) is 12.1 Å². The summed E-state index contributed by atoms with van der Waals surface area (Å²) in [6, 6.07) is 4.99. The average Bonchev–Trinajstić information content (AvgIpc) is 2.75. The highest BCUT2D eigenvalue weighted by molar-refractivity contribution is 6.10. The molecule has 0 aliphatic carbocycles. The third-order valence-corrected chi connectivity index (χ3v) is 4.98. The van der Waals surface area contributed by atoms with Gasteiger partial charge < -0.3 is 19.8 Å². The largest absolute Gasteiger partial charge is 0.507 e. The van der Waals surface area contributed by atoms with Gasteiger partial charge in [-0.05, 0) is 57.1 Å². The molecular formula is C25H32N2O4. The van der Waals surface area contributed by atoms with Crippen molar-refractivity contribution in [2.24, 2.45) is 0 Å². The molecule has 0 atom stereocenters. The van der Waals surface area contributed by atoms with E-state index in [4.69, 9.17) is 4.74 Å². The molecule has 2 N–H and O–H groups in total. The first-order valence-electron chi connectivity index (χ1n) is 10.6. The summed E-state index contributed by atoms with van der Waals surface area (Å²) in [5, 5.41) is 21.4. The van der Waals surface area contributed by atoms with Gasteiger partial charge in [0, 0.05) is 30.6 Å². The first-order valence-corrected chi connectivity index (χ1v) is 10.6. The second-order valence-corrected chi connectivity index (χ2v) is 7.44. The number of phenolic OH excluding ortho intramolecular Hbond substituents is 2. The third kappa shape index (κ3) is 6.96. The summed E-state index contributed by atoms with van der Waals surface area (Å²) in [6.07, 6.45) is 8.52. The molecular weight excluding hydrogens is 392 g/mol. The van der Waals surface area contributed by atoms with Gasteiger partial charge in [-0.15, -0.1) is 0 Å². The Bertz CT molecular complexity index is 928. The van der Waals surface area contributed by atoms with E-state index < -0.39 is 5.78 Å². The van der Waals surface area contributed by atoms with Crippen molar-refractivity contribution in [1.82, 2.24) is 9.88 Å². The Kier molecular flexibility index (Phi) is 9.28. The number of carbonyl (C=O) groups excluding carboxylic acids is 1. The van der Waals surface area contributed by atoms with Gasteiger partial charge in [0.1, 0.15) is 29.4 Å². The summed E-state index contributed by atoms with van der Waals surface area (Å²) in [5.74, 6) is -0.673. The lowest BCUT2D eigenvalue weighted by Gasteiger charge is -2.20. The summed E-state index contributed by atoms with van der Waals surface area (Å²) < 4.78 is 5.90. The van der Waals surface area contributed by atoms with E-state index in [2.05, 4.69) is 23.7 Å². The van der Waals surface area contributed by atoms with Gasteiger partial charge in [0.05, 0.1) is 0 Å². The number of nitrogens with zero attached hydrogens (tertiary/aromatic N) is 2. The number of pyridine rings is 1. The SMILES string of the molecule is CCN(CC)CCOc1cc(O)c(C(=O)/C=C/c2cccnc2)c(O)c1CC=C(C)C. The lowest BCUT2D eigenvalue weighted by atomic mass is 9.99. The highest BCUT2D eigenvalue weighted by Crippen LogP contribution is 2.39. The van der Waals surface area contributed by atoms with E-state index in [0.717, 1.165) is 30.8 Å². The fraction of sp³-hybridized carbons (Fsp3) is 0.360. The number of hydrogen-bond donors (Lipinski definition) is 2. The number of likely N-dealkylation sites (N-methyl/N-ethyl adjacent to an activating group) is 1. The molecule has 1 aromatic carbocycles. The zero-order chi connectivity index (χ0) is 22.8. The number of rotatable bonds is 11. The van der Waals surface area contributed by atoms with Gasteiger partial charge in [0.15, 0.2) is 5.78 Å². The van der Waals surface area contributed by atoms with Crippen molar-refractivity contribution >= 4 is 11.9 Å². The van der Waals surface area contributed by atoms with Crippen molar-refractivity contribution in [1.29, 1.82) is 0 Å². The first kappa shape index (κ1) is 24.2. The zero-order valence-electron chi connectivity index (χ0n) is 18.8. The van der Waals surface area contributed by atoms with E-state index in [1.807, 2.05) is 26.0 Å². The summed E-state index contributed by atoms with van der Waals surface area (Å²) in [6.45, 7) is 11.1. The van der Waals surface area contributed by atoms with Crippen molar-refractivity contribution in [3.8, 4) is 17.2 Å². The molecule has 0 unspecified atom stereocenters.